The standard InChI is InChI=1S/C20H23N3O2S/c1-13-12-23(9-8-21-13)20(25)17-7-10-26-19(17)22-18(24)16-6-5-14-3-2-4-15(14)11-16/h5-7,10-11,13,21H,2-4,8-9,12H2,1H3,(H,22,24). The monoisotopic (exact) mass is 369 g/mol. The minimum absolute atomic E-state index is 0.0103. The first kappa shape index (κ1) is 17.2. The summed E-state index contributed by atoms with van der Waals surface area (Å²) < 4.78 is 0. The van der Waals surface area contributed by atoms with E-state index in [0.717, 1.165) is 25.8 Å². The number of anilines is 1. The van der Waals surface area contributed by atoms with E-state index in [4.69, 9.17) is 0 Å². The Hall–Kier alpha value is -2.18. The number of carbonyl (C=O) groups is 2. The molecule has 1 atom stereocenters. The summed E-state index contributed by atoms with van der Waals surface area (Å²) in [5, 5.41) is 8.77. The summed E-state index contributed by atoms with van der Waals surface area (Å²) in [6.45, 7) is 4.25. The number of aryl methyl sites for hydroxylation is 2. The molecule has 26 heavy (non-hydrogen) atoms. The molecule has 1 aromatic carbocycles. The van der Waals surface area contributed by atoms with E-state index in [9.17, 15) is 9.59 Å². The number of amides is 2. The average Bonchev–Trinajstić information content (AvgIpc) is 3.29. The summed E-state index contributed by atoms with van der Waals surface area (Å²) in [6.07, 6.45) is 3.30. The second-order valence-corrected chi connectivity index (χ2v) is 7.98. The second kappa shape index (κ2) is 7.21. The van der Waals surface area contributed by atoms with Gasteiger partial charge in [-0.2, -0.15) is 0 Å². The molecule has 2 amide bonds. The number of carbonyl (C=O) groups excluding carboxylic acids is 2. The number of fused-ring (bicyclic) bond motifs is 1. The molecular weight excluding hydrogens is 346 g/mol. The maximum atomic E-state index is 12.9. The largest absolute Gasteiger partial charge is 0.336 e. The van der Waals surface area contributed by atoms with Gasteiger partial charge in [0.05, 0.1) is 5.56 Å². The van der Waals surface area contributed by atoms with E-state index in [1.165, 1.54) is 22.5 Å². The van der Waals surface area contributed by atoms with Crippen LogP contribution in [-0.2, 0) is 12.8 Å². The fraction of sp³-hybridized carbons (Fsp3) is 0.400. The molecule has 1 aliphatic heterocycles. The van der Waals surface area contributed by atoms with Crippen molar-refractivity contribution in [3.05, 3.63) is 51.9 Å². The first-order valence-corrected chi connectivity index (χ1v) is 10.0. The summed E-state index contributed by atoms with van der Waals surface area (Å²) in [5.74, 6) is -0.159. The summed E-state index contributed by atoms with van der Waals surface area (Å²) >= 11 is 1.40. The summed E-state index contributed by atoms with van der Waals surface area (Å²) in [5.41, 5.74) is 3.86. The molecule has 2 aromatic rings. The van der Waals surface area contributed by atoms with Gasteiger partial charge in [-0.1, -0.05) is 6.07 Å². The smallest absolute Gasteiger partial charge is 0.256 e. The van der Waals surface area contributed by atoms with Gasteiger partial charge in [0.15, 0.2) is 0 Å². The third kappa shape index (κ3) is 3.39. The molecular formula is C20H23N3O2S. The normalized spacial score (nSPS) is 19.3. The molecule has 0 radical (unpaired) electrons. The second-order valence-electron chi connectivity index (χ2n) is 7.06. The topological polar surface area (TPSA) is 61.4 Å². The van der Waals surface area contributed by atoms with Crippen LogP contribution in [0.15, 0.2) is 29.6 Å². The lowest BCUT2D eigenvalue weighted by Crippen LogP contribution is -2.51. The van der Waals surface area contributed by atoms with Gasteiger partial charge >= 0.3 is 0 Å². The van der Waals surface area contributed by atoms with Crippen molar-refractivity contribution in [2.24, 2.45) is 0 Å². The van der Waals surface area contributed by atoms with Gasteiger partial charge in [-0.15, -0.1) is 11.3 Å². The van der Waals surface area contributed by atoms with E-state index >= 15 is 0 Å². The maximum absolute atomic E-state index is 12.9. The Balaban J connectivity index is 1.50. The Morgan fingerprint density at radius 2 is 2.08 bits per heavy atom. The van der Waals surface area contributed by atoms with E-state index in [-0.39, 0.29) is 17.9 Å². The van der Waals surface area contributed by atoms with Crippen molar-refractivity contribution in [3.63, 3.8) is 0 Å². The lowest BCUT2D eigenvalue weighted by Gasteiger charge is -2.32. The van der Waals surface area contributed by atoms with Crippen LogP contribution >= 0.6 is 11.3 Å². The third-order valence-corrected chi connectivity index (χ3v) is 5.97. The highest BCUT2D eigenvalue weighted by atomic mass is 32.1. The zero-order valence-corrected chi connectivity index (χ0v) is 15.7. The van der Waals surface area contributed by atoms with Crippen molar-refractivity contribution in [1.29, 1.82) is 0 Å². The number of piperazine rings is 1. The molecule has 2 heterocycles. The fourth-order valence-electron chi connectivity index (χ4n) is 3.75. The van der Waals surface area contributed by atoms with Gasteiger partial charge in [0.25, 0.3) is 11.8 Å². The highest BCUT2D eigenvalue weighted by molar-refractivity contribution is 7.14. The van der Waals surface area contributed by atoms with Gasteiger partial charge in [0.2, 0.25) is 0 Å². The number of hydrogen-bond donors (Lipinski definition) is 2. The van der Waals surface area contributed by atoms with Crippen LogP contribution in [0.4, 0.5) is 5.00 Å². The van der Waals surface area contributed by atoms with Crippen molar-refractivity contribution in [2.75, 3.05) is 25.0 Å². The molecule has 136 valence electrons. The minimum Gasteiger partial charge on any atom is -0.336 e. The zero-order valence-electron chi connectivity index (χ0n) is 14.9. The van der Waals surface area contributed by atoms with Crippen LogP contribution in [0.25, 0.3) is 0 Å². The molecule has 1 saturated heterocycles. The fourth-order valence-corrected chi connectivity index (χ4v) is 4.52. The quantitative estimate of drug-likeness (QED) is 0.874. The SMILES string of the molecule is CC1CN(C(=O)c2ccsc2NC(=O)c2ccc3c(c2)CCC3)CCN1. The number of nitrogens with zero attached hydrogens (tertiary/aromatic N) is 1. The summed E-state index contributed by atoms with van der Waals surface area (Å²) in [6, 6.07) is 8.02. The first-order chi connectivity index (χ1) is 12.6. The lowest BCUT2D eigenvalue weighted by molar-refractivity contribution is 0.0710. The number of rotatable bonds is 3. The van der Waals surface area contributed by atoms with Gasteiger partial charge in [0.1, 0.15) is 5.00 Å². The highest BCUT2D eigenvalue weighted by Crippen LogP contribution is 2.27. The van der Waals surface area contributed by atoms with Crippen molar-refractivity contribution >= 4 is 28.2 Å². The Kier molecular flexibility index (Phi) is 4.78. The average molecular weight is 369 g/mol. The molecule has 0 saturated carbocycles. The van der Waals surface area contributed by atoms with Gasteiger partial charge in [0, 0.05) is 31.2 Å². The van der Waals surface area contributed by atoms with E-state index in [0.29, 0.717) is 29.2 Å². The van der Waals surface area contributed by atoms with E-state index < -0.39 is 0 Å². The molecule has 1 aliphatic carbocycles. The lowest BCUT2D eigenvalue weighted by atomic mass is 10.1. The third-order valence-electron chi connectivity index (χ3n) is 5.14. The Morgan fingerprint density at radius 3 is 2.92 bits per heavy atom. The molecule has 2 aliphatic rings. The van der Waals surface area contributed by atoms with E-state index in [2.05, 4.69) is 23.6 Å². The van der Waals surface area contributed by atoms with Gasteiger partial charge in [-0.25, -0.2) is 0 Å². The van der Waals surface area contributed by atoms with Crippen LogP contribution in [0.5, 0.6) is 0 Å². The Morgan fingerprint density at radius 1 is 1.23 bits per heavy atom. The van der Waals surface area contributed by atoms with Crippen LogP contribution in [0, 0.1) is 0 Å². The molecule has 1 fully saturated rings. The zero-order chi connectivity index (χ0) is 18.1. The molecule has 1 unspecified atom stereocenters. The van der Waals surface area contributed by atoms with Crippen LogP contribution in [0.3, 0.4) is 0 Å². The first-order valence-electron chi connectivity index (χ1n) is 9.15. The molecule has 2 N–H and O–H groups in total. The molecule has 5 nitrogen and oxygen atoms in total. The van der Waals surface area contributed by atoms with Gasteiger partial charge in [-0.3, -0.25) is 9.59 Å². The molecule has 6 heteroatoms. The van der Waals surface area contributed by atoms with E-state index in [1.54, 1.807) is 6.07 Å². The van der Waals surface area contributed by atoms with Crippen LogP contribution < -0.4 is 10.6 Å². The molecule has 0 bridgehead atoms. The van der Waals surface area contributed by atoms with Crippen molar-refractivity contribution in [2.45, 2.75) is 32.2 Å². The number of nitrogens with one attached hydrogen (secondary N) is 2. The van der Waals surface area contributed by atoms with E-state index in [1.807, 2.05) is 22.4 Å². The van der Waals surface area contributed by atoms with Crippen molar-refractivity contribution < 1.29 is 9.59 Å². The maximum Gasteiger partial charge on any atom is 0.256 e. The Bertz CT molecular complexity index is 845. The highest BCUT2D eigenvalue weighted by Gasteiger charge is 2.25. The van der Waals surface area contributed by atoms with Crippen molar-refractivity contribution in [3.8, 4) is 0 Å². The van der Waals surface area contributed by atoms with Crippen LogP contribution in [0.2, 0.25) is 0 Å². The summed E-state index contributed by atoms with van der Waals surface area (Å²) in [7, 11) is 0. The molecule has 4 rings (SSSR count). The van der Waals surface area contributed by atoms with Gasteiger partial charge < -0.3 is 15.5 Å². The van der Waals surface area contributed by atoms with Crippen molar-refractivity contribution in [1.82, 2.24) is 10.2 Å². The number of hydrogen-bond acceptors (Lipinski definition) is 4. The summed E-state index contributed by atoms with van der Waals surface area (Å²) in [4.78, 5) is 27.4. The predicted octanol–water partition coefficient (Wildman–Crippen LogP) is 2.92. The number of benzene rings is 1. The molecule has 0 spiro atoms. The molecule has 1 aromatic heterocycles. The van der Waals surface area contributed by atoms with Crippen LogP contribution in [0.1, 0.15) is 45.2 Å². The number of thiophene rings is 1. The van der Waals surface area contributed by atoms with Crippen LogP contribution in [-0.4, -0.2) is 42.4 Å². The predicted molar refractivity (Wildman–Crippen MR) is 104 cm³/mol. The minimum atomic E-state index is -0.148. The Labute approximate surface area is 157 Å². The van der Waals surface area contributed by atoms with Gasteiger partial charge in [-0.05, 0) is 60.9 Å².